The van der Waals surface area contributed by atoms with Gasteiger partial charge < -0.3 is 0 Å². The zero-order chi connectivity index (χ0) is 32.3. The average Bonchev–Trinajstić information content (AvgIpc) is 3.18. The Morgan fingerprint density at radius 3 is 1.40 bits per heavy atom. The van der Waals surface area contributed by atoms with Gasteiger partial charge >= 0.3 is 0 Å². The Labute approximate surface area is 279 Å². The molecule has 0 atom stereocenters. The first-order valence-electron chi connectivity index (χ1n) is 15.8. The van der Waals surface area contributed by atoms with Crippen molar-refractivity contribution in [1.29, 1.82) is 5.26 Å². The van der Waals surface area contributed by atoms with Gasteiger partial charge in [0.05, 0.1) is 11.6 Å². The van der Waals surface area contributed by atoms with Gasteiger partial charge in [0, 0.05) is 16.7 Å². The second-order valence-corrected chi connectivity index (χ2v) is 11.6. The van der Waals surface area contributed by atoms with E-state index in [4.69, 9.17) is 15.0 Å². The van der Waals surface area contributed by atoms with Crippen molar-refractivity contribution in [1.82, 2.24) is 15.0 Å². The molecule has 0 bridgehead atoms. The highest BCUT2D eigenvalue weighted by Crippen LogP contribution is 2.37. The summed E-state index contributed by atoms with van der Waals surface area (Å²) in [4.78, 5) is 14.8. The molecule has 0 amide bonds. The molecule has 4 nitrogen and oxygen atoms in total. The Morgan fingerprint density at radius 1 is 0.333 bits per heavy atom. The highest BCUT2D eigenvalue weighted by molar-refractivity contribution is 6.04. The van der Waals surface area contributed by atoms with Crippen molar-refractivity contribution in [2.75, 3.05) is 0 Å². The summed E-state index contributed by atoms with van der Waals surface area (Å²) in [6, 6.07) is 60.0. The van der Waals surface area contributed by atoms with Gasteiger partial charge in [0.25, 0.3) is 0 Å². The summed E-state index contributed by atoms with van der Waals surface area (Å²) >= 11 is 0. The van der Waals surface area contributed by atoms with Crippen LogP contribution in [0.3, 0.4) is 0 Å². The number of nitriles is 1. The summed E-state index contributed by atoms with van der Waals surface area (Å²) in [6.07, 6.45) is 0. The summed E-state index contributed by atoms with van der Waals surface area (Å²) in [5.41, 5.74) is 10.1. The number of benzene rings is 7. The van der Waals surface area contributed by atoms with Crippen molar-refractivity contribution in [3.63, 3.8) is 0 Å². The van der Waals surface area contributed by atoms with Crippen molar-refractivity contribution in [3.8, 4) is 73.6 Å². The van der Waals surface area contributed by atoms with E-state index in [0.717, 1.165) is 44.5 Å². The summed E-state index contributed by atoms with van der Waals surface area (Å²) in [6.45, 7) is 0. The van der Waals surface area contributed by atoms with E-state index in [9.17, 15) is 5.26 Å². The minimum atomic E-state index is 0.630. The molecule has 7 aromatic carbocycles. The van der Waals surface area contributed by atoms with Gasteiger partial charge in [-0.3, -0.25) is 0 Å². The maximum Gasteiger partial charge on any atom is 0.164 e. The third-order valence-electron chi connectivity index (χ3n) is 8.57. The first kappa shape index (κ1) is 28.8. The van der Waals surface area contributed by atoms with Crippen LogP contribution in [0.5, 0.6) is 0 Å². The van der Waals surface area contributed by atoms with Gasteiger partial charge in [0.1, 0.15) is 0 Å². The van der Waals surface area contributed by atoms with Crippen molar-refractivity contribution >= 4 is 10.8 Å². The topological polar surface area (TPSA) is 62.5 Å². The molecule has 0 radical (unpaired) electrons. The minimum Gasteiger partial charge on any atom is -0.208 e. The zero-order valence-corrected chi connectivity index (χ0v) is 26.0. The lowest BCUT2D eigenvalue weighted by Gasteiger charge is -2.13. The van der Waals surface area contributed by atoms with E-state index < -0.39 is 0 Å². The maximum atomic E-state index is 9.33. The highest BCUT2D eigenvalue weighted by atomic mass is 15.0. The quantitative estimate of drug-likeness (QED) is 0.187. The lowest BCUT2D eigenvalue weighted by molar-refractivity contribution is 1.07. The molecule has 224 valence electrons. The fourth-order valence-corrected chi connectivity index (χ4v) is 6.19. The molecule has 1 heterocycles. The van der Waals surface area contributed by atoms with Crippen LogP contribution in [-0.2, 0) is 0 Å². The number of hydrogen-bond acceptors (Lipinski definition) is 4. The monoisotopic (exact) mass is 612 g/mol. The second-order valence-electron chi connectivity index (χ2n) is 11.6. The van der Waals surface area contributed by atoms with Crippen LogP contribution in [0.4, 0.5) is 0 Å². The molecule has 0 N–H and O–H groups in total. The number of fused-ring (bicyclic) bond motifs is 1. The van der Waals surface area contributed by atoms with Gasteiger partial charge in [-0.2, -0.15) is 5.26 Å². The van der Waals surface area contributed by atoms with Crippen LogP contribution in [-0.4, -0.2) is 15.0 Å². The molecule has 0 spiro atoms. The van der Waals surface area contributed by atoms with Crippen LogP contribution < -0.4 is 0 Å². The second kappa shape index (κ2) is 12.6. The normalized spacial score (nSPS) is 10.9. The van der Waals surface area contributed by atoms with Crippen LogP contribution >= 0.6 is 0 Å². The average molecular weight is 613 g/mol. The minimum absolute atomic E-state index is 0.630. The van der Waals surface area contributed by atoms with E-state index in [1.807, 2.05) is 84.9 Å². The molecule has 48 heavy (non-hydrogen) atoms. The fraction of sp³-hybridized carbons (Fsp3) is 0. The van der Waals surface area contributed by atoms with E-state index >= 15 is 0 Å². The fourth-order valence-electron chi connectivity index (χ4n) is 6.19. The first-order valence-corrected chi connectivity index (χ1v) is 15.8. The van der Waals surface area contributed by atoms with Gasteiger partial charge in [0.15, 0.2) is 17.5 Å². The van der Waals surface area contributed by atoms with E-state index in [0.29, 0.717) is 23.0 Å². The molecule has 0 aliphatic rings. The van der Waals surface area contributed by atoms with E-state index in [-0.39, 0.29) is 0 Å². The zero-order valence-electron chi connectivity index (χ0n) is 26.0. The molecular formula is C44H28N4. The summed E-state index contributed by atoms with van der Waals surface area (Å²) < 4.78 is 0. The molecule has 0 aliphatic carbocycles. The van der Waals surface area contributed by atoms with Crippen LogP contribution in [0, 0.1) is 11.3 Å². The summed E-state index contributed by atoms with van der Waals surface area (Å²) in [7, 11) is 0. The van der Waals surface area contributed by atoms with Crippen LogP contribution in [0.15, 0.2) is 170 Å². The third kappa shape index (κ3) is 5.62. The highest BCUT2D eigenvalue weighted by Gasteiger charge is 2.14. The molecule has 0 saturated heterocycles. The number of hydrogen-bond donors (Lipinski definition) is 0. The number of aromatic nitrogens is 3. The molecule has 4 heteroatoms. The van der Waals surface area contributed by atoms with Gasteiger partial charge in [-0.15, -0.1) is 0 Å². The van der Waals surface area contributed by atoms with Crippen LogP contribution in [0.2, 0.25) is 0 Å². The van der Waals surface area contributed by atoms with Gasteiger partial charge in [0.2, 0.25) is 0 Å². The van der Waals surface area contributed by atoms with Crippen molar-refractivity contribution in [2.45, 2.75) is 0 Å². The van der Waals surface area contributed by atoms with E-state index in [1.54, 1.807) is 0 Å². The molecule has 0 aliphatic heterocycles. The SMILES string of the molecule is N#Cc1cccc(-c2ccc(-c3cccc4c(-c5cccc(-c6nc(-c7ccccc7)nc(-c7ccccc7)n6)c5)cccc34)cc2)c1. The predicted molar refractivity (Wildman–Crippen MR) is 195 cm³/mol. The third-order valence-corrected chi connectivity index (χ3v) is 8.57. The van der Waals surface area contributed by atoms with Crippen LogP contribution in [0.25, 0.3) is 78.3 Å². The van der Waals surface area contributed by atoms with Gasteiger partial charge in [-0.25, -0.2) is 15.0 Å². The molecule has 0 saturated carbocycles. The predicted octanol–water partition coefficient (Wildman–Crippen LogP) is 10.9. The van der Waals surface area contributed by atoms with Crippen LogP contribution in [0.1, 0.15) is 5.56 Å². The maximum absolute atomic E-state index is 9.33. The Hall–Kier alpha value is -6.70. The summed E-state index contributed by atoms with van der Waals surface area (Å²) in [5.74, 6) is 1.91. The standard InChI is InChI=1S/C44H28N4/c45-29-30-11-7-16-35(27-30)31-23-25-32(26-24-31)38-19-9-22-41-39(20-10-21-40(38)41)36-17-8-18-37(28-36)44-47-42(33-12-3-1-4-13-33)46-43(48-44)34-14-5-2-6-15-34/h1-28H. The Balaban J connectivity index is 1.19. The van der Waals surface area contributed by atoms with E-state index in [2.05, 4.69) is 91.0 Å². The Kier molecular flexibility index (Phi) is 7.54. The molecule has 0 fully saturated rings. The molecule has 8 aromatic rings. The molecule has 8 rings (SSSR count). The summed E-state index contributed by atoms with van der Waals surface area (Å²) in [5, 5.41) is 11.7. The first-order chi connectivity index (χ1) is 23.7. The van der Waals surface area contributed by atoms with Crippen molar-refractivity contribution in [2.24, 2.45) is 0 Å². The Morgan fingerprint density at radius 2 is 0.792 bits per heavy atom. The van der Waals surface area contributed by atoms with Gasteiger partial charge in [-0.1, -0.05) is 152 Å². The van der Waals surface area contributed by atoms with E-state index in [1.165, 1.54) is 16.3 Å². The smallest absolute Gasteiger partial charge is 0.164 e. The molecular weight excluding hydrogens is 585 g/mol. The number of rotatable bonds is 6. The van der Waals surface area contributed by atoms with Crippen molar-refractivity contribution in [3.05, 3.63) is 175 Å². The number of nitrogens with zero attached hydrogens (tertiary/aromatic N) is 4. The molecule has 0 unspecified atom stereocenters. The van der Waals surface area contributed by atoms with Gasteiger partial charge in [-0.05, 0) is 62.4 Å². The Bertz CT molecular complexity index is 2390. The largest absolute Gasteiger partial charge is 0.208 e. The molecule has 1 aromatic heterocycles. The lowest BCUT2D eigenvalue weighted by atomic mass is 9.91. The lowest BCUT2D eigenvalue weighted by Crippen LogP contribution is -2.00. The van der Waals surface area contributed by atoms with Crippen molar-refractivity contribution < 1.29 is 0 Å².